The standard InChI is InChI=1S/C100H150N14O36/c1-61-51-75-95(127)113-73-55-79(77(135-11)53-69(73)93(125)111(75)59-61)147-30-19-16-20-31-148-80-56-74-70(54-78(80)136-12)94(126)112-60-62(2)52-76(112)96(128)114(74)100(132)150-33-26-84(118)106-68(8)90(122)110-72(22-24-82(116)102-28-34-139-37-38-141-41-42-143-45-46-145-49-50-146-48-47-144-44-43-142-40-39-140-36-35-134-10)92(124)108-66(6)88(120)86(104-58-64(4)98(130)138-14)85(103-57-63(3)97(129)137-13)87(119)65(5)107-91(123)71(21-23-81(115)101-27-17-15-18-29-133-9)109-89(121)67(7)105-83(117)25-32-149-99(113)131/h53-56,65-68,71-72,75-76,85-86,95-96,103-104,127-128H,1-4,15-52,57-60H2,5-14H3,(H,101,115)(H,102,116)(H,105,117)(H,106,118)(H,107,123)(H,108,124)(H,109,121)(H,110,122)/t65-,66-,67-,68-,71-,72-,75-,76-,85-,86-,95?,96?/m0/s1. The first kappa shape index (κ1) is 124. The monoisotopic (exact) mass is 2120 g/mol. The average molecular weight is 2120 g/mol. The number of unbranched alkanes of at least 4 members (excludes halogenated alkanes) is 2. The molecular weight excluding hydrogens is 1970 g/mol. The summed E-state index contributed by atoms with van der Waals surface area (Å²) >= 11 is 0. The Hall–Kier alpha value is -12.4. The molecule has 5 aliphatic rings. The minimum atomic E-state index is -1.96. The van der Waals surface area contributed by atoms with Crippen molar-refractivity contribution in [2.75, 3.05) is 237 Å². The van der Waals surface area contributed by atoms with Gasteiger partial charge in [0.1, 0.15) is 37.4 Å². The molecule has 12 atom stereocenters. The number of cyclic esters (lactones) is 2. The lowest BCUT2D eigenvalue weighted by Gasteiger charge is -2.32. The quantitative estimate of drug-likeness (QED) is 0.0137. The molecule has 2 unspecified atom stereocenters. The highest BCUT2D eigenvalue weighted by Crippen LogP contribution is 2.44. The van der Waals surface area contributed by atoms with E-state index >= 15 is 9.59 Å². The molecule has 150 heavy (non-hydrogen) atoms. The smallest absolute Gasteiger partial charge is 0.416 e. The van der Waals surface area contributed by atoms with E-state index in [4.69, 9.17) is 85.3 Å². The number of nitrogens with zero attached hydrogens (tertiary/aromatic N) is 4. The molecule has 12 amide bonds. The zero-order chi connectivity index (χ0) is 110. The van der Waals surface area contributed by atoms with Gasteiger partial charge >= 0.3 is 24.1 Å². The maximum Gasteiger partial charge on any atom is 0.416 e. The Kier molecular flexibility index (Phi) is 55.6. The SMILES string of the molecule is C=C1C[C@H]2C(O)N3C(=O)OCCC(=O)N[C@@H](C)C(=O)N[C@@H](CCC(=O)NCCCCCOC)C(=O)N[C@@H](C)C(=O)[C@@H](NCC(=C)C(=O)OC)[C@H](NCC(=C)C(=O)OC)C(=O)[C@H](C)NC(=O)[C@H](CCC(=O)NCCOCCOCCOCCOCCOCCOCCOCCOCCOC)NC(=O)[C@H](C)NC(=O)CCOC(=O)N4c5cc(c(OC)cc5C(=O)N5CC(=C)C[C@H]5C4O)OCCCCCOc4cc3c(cc4OC)C(=O)N2C1. The maximum atomic E-state index is 15.5. The topological polar surface area (TPSA) is 613 Å². The zero-order valence-electron chi connectivity index (χ0n) is 87.3. The summed E-state index contributed by atoms with van der Waals surface area (Å²) in [5.74, 6) is -12.5. The number of fused-ring (bicyclic) bond motifs is 4. The van der Waals surface area contributed by atoms with Gasteiger partial charge in [-0.3, -0.25) is 57.5 Å². The lowest BCUT2D eigenvalue weighted by molar-refractivity contribution is -0.137. The van der Waals surface area contributed by atoms with Crippen LogP contribution in [0, 0.1) is 0 Å². The van der Waals surface area contributed by atoms with Crippen molar-refractivity contribution in [1.29, 1.82) is 0 Å². The molecule has 5 aliphatic heterocycles. The van der Waals surface area contributed by atoms with Gasteiger partial charge in [-0.05, 0) is 104 Å². The van der Waals surface area contributed by atoms with Crippen LogP contribution in [0.1, 0.15) is 138 Å². The van der Waals surface area contributed by atoms with Gasteiger partial charge in [-0.2, -0.15) is 0 Å². The third kappa shape index (κ3) is 40.4. The molecule has 7 rings (SSSR count). The fourth-order valence-corrected chi connectivity index (χ4v) is 16.1. The lowest BCUT2D eigenvalue weighted by Crippen LogP contribution is -2.64. The average Bonchev–Trinajstić information content (AvgIpc) is 1.61. The van der Waals surface area contributed by atoms with Crippen LogP contribution in [-0.4, -0.2) is 415 Å². The summed E-state index contributed by atoms with van der Waals surface area (Å²) in [5.41, 5.74) is -0.0673. The molecule has 0 spiro atoms. The van der Waals surface area contributed by atoms with Crippen LogP contribution in [0.4, 0.5) is 21.0 Å². The van der Waals surface area contributed by atoms with Crippen LogP contribution in [0.2, 0.25) is 0 Å². The molecule has 50 heteroatoms. The van der Waals surface area contributed by atoms with Gasteiger partial charge in [-0.25, -0.2) is 29.0 Å². The number of amides is 12. The van der Waals surface area contributed by atoms with Gasteiger partial charge in [0.05, 0.1) is 226 Å². The molecule has 12 N–H and O–H groups in total. The van der Waals surface area contributed by atoms with Gasteiger partial charge in [0.2, 0.25) is 47.3 Å². The number of methoxy groups -OCH3 is 6. The highest BCUT2D eigenvalue weighted by atomic mass is 16.6. The number of rotatable bonds is 49. The van der Waals surface area contributed by atoms with Gasteiger partial charge in [-0.1, -0.05) is 37.5 Å². The Bertz CT molecular complexity index is 4740. The number of hydrogen-bond donors (Lipinski definition) is 12. The van der Waals surface area contributed by atoms with E-state index in [0.717, 1.165) is 24.0 Å². The predicted molar refractivity (Wildman–Crippen MR) is 536 cm³/mol. The molecular formula is C100H150N14O36. The van der Waals surface area contributed by atoms with Crippen molar-refractivity contribution in [2.45, 2.75) is 190 Å². The van der Waals surface area contributed by atoms with Crippen molar-refractivity contribution in [3.05, 3.63) is 84.0 Å². The first-order valence-electron chi connectivity index (χ1n) is 50.0. The van der Waals surface area contributed by atoms with Crippen LogP contribution < -0.4 is 81.9 Å². The van der Waals surface area contributed by atoms with Crippen LogP contribution in [0.25, 0.3) is 0 Å². The number of hydrogen-bond acceptors (Lipinski definition) is 38. The second kappa shape index (κ2) is 67.0. The number of ketones is 2. The summed E-state index contributed by atoms with van der Waals surface area (Å²) in [6.07, 6.45) is -5.97. The van der Waals surface area contributed by atoms with Crippen LogP contribution in [-0.2, 0) is 124 Å². The summed E-state index contributed by atoms with van der Waals surface area (Å²) in [5, 5.41) is 50.4. The predicted octanol–water partition coefficient (Wildman–Crippen LogP) is 0.107. The van der Waals surface area contributed by atoms with E-state index in [0.29, 0.717) is 136 Å². The Morgan fingerprint density at radius 1 is 0.413 bits per heavy atom. The number of nitrogens with one attached hydrogen (secondary N) is 10. The molecule has 836 valence electrons. The van der Waals surface area contributed by atoms with Gasteiger partial charge in [0, 0.05) is 96.2 Å². The number of benzene rings is 2. The first-order valence-corrected chi connectivity index (χ1v) is 50.0. The van der Waals surface area contributed by atoms with E-state index in [1.165, 1.54) is 76.0 Å². The van der Waals surface area contributed by atoms with E-state index in [2.05, 4.69) is 79.5 Å². The van der Waals surface area contributed by atoms with Gasteiger partial charge < -0.3 is 158 Å². The summed E-state index contributed by atoms with van der Waals surface area (Å²) in [6, 6.07) is -10.7. The normalized spacial score (nSPS) is 22.1. The van der Waals surface area contributed by atoms with Crippen molar-refractivity contribution in [2.24, 2.45) is 0 Å². The Morgan fingerprint density at radius 2 is 0.773 bits per heavy atom. The van der Waals surface area contributed by atoms with Crippen molar-refractivity contribution in [1.82, 2.24) is 63.0 Å². The molecule has 0 radical (unpaired) electrons. The molecule has 2 aromatic rings. The molecule has 0 aliphatic carbocycles. The fraction of sp³-hybridized carbons (Fsp3) is 0.640. The lowest BCUT2D eigenvalue weighted by atomic mass is 9.91. The van der Waals surface area contributed by atoms with Crippen molar-refractivity contribution in [3.63, 3.8) is 0 Å². The maximum absolute atomic E-state index is 15.5. The van der Waals surface area contributed by atoms with Crippen LogP contribution in [0.3, 0.4) is 0 Å². The molecule has 50 nitrogen and oxygen atoms in total. The highest BCUT2D eigenvalue weighted by Gasteiger charge is 2.50. The second-order valence-corrected chi connectivity index (χ2v) is 35.6. The molecule has 0 aromatic heterocycles. The zero-order valence-corrected chi connectivity index (χ0v) is 87.3. The van der Waals surface area contributed by atoms with Crippen molar-refractivity contribution in [3.8, 4) is 23.0 Å². The third-order valence-corrected chi connectivity index (χ3v) is 24.3. The van der Waals surface area contributed by atoms with Gasteiger partial charge in [0.15, 0.2) is 47.0 Å². The summed E-state index contributed by atoms with van der Waals surface area (Å²) < 4.78 is 99.3. The number of carbonyl (C=O) groups is 16. The van der Waals surface area contributed by atoms with Gasteiger partial charge in [0.25, 0.3) is 11.8 Å². The third-order valence-electron chi connectivity index (χ3n) is 24.3. The van der Waals surface area contributed by atoms with E-state index < -0.39 is 232 Å². The Labute approximate surface area is 872 Å². The van der Waals surface area contributed by atoms with Crippen LogP contribution >= 0.6 is 0 Å². The molecule has 2 aromatic carbocycles. The van der Waals surface area contributed by atoms with Gasteiger partial charge in [-0.15, -0.1) is 0 Å². The van der Waals surface area contributed by atoms with Crippen molar-refractivity contribution < 1.29 is 172 Å². The number of ether oxygens (including phenoxy) is 18. The number of aliphatic hydroxyl groups is 2. The largest absolute Gasteiger partial charge is 0.493 e. The second-order valence-electron chi connectivity index (χ2n) is 35.6. The van der Waals surface area contributed by atoms with E-state index in [9.17, 15) is 77.3 Å². The first-order chi connectivity index (χ1) is 72.0. The summed E-state index contributed by atoms with van der Waals surface area (Å²) in [6.45, 7) is 24.0. The fourth-order valence-electron chi connectivity index (χ4n) is 16.1. The Balaban J connectivity index is 1.14. The number of carbonyl (C=O) groups excluding carboxylic acids is 16. The minimum Gasteiger partial charge on any atom is -0.493 e. The van der Waals surface area contributed by atoms with E-state index in [1.807, 2.05) is 0 Å². The number of anilines is 2. The number of Topliss-reactive ketones (excluding diaryl/α,β-unsaturated/α-hetero) is 2. The molecule has 2 fully saturated rings. The molecule has 2 saturated heterocycles. The summed E-state index contributed by atoms with van der Waals surface area (Å²) in [7, 11) is 7.87. The van der Waals surface area contributed by atoms with Crippen LogP contribution in [0.15, 0.2) is 72.9 Å². The van der Waals surface area contributed by atoms with E-state index in [1.54, 1.807) is 14.2 Å². The molecule has 0 saturated carbocycles. The Morgan fingerprint density at radius 3 is 1.13 bits per heavy atom. The molecule has 5 heterocycles. The summed E-state index contributed by atoms with van der Waals surface area (Å²) in [4.78, 5) is 233. The molecule has 4 bridgehead atoms. The van der Waals surface area contributed by atoms with Crippen LogP contribution in [0.5, 0.6) is 23.0 Å². The van der Waals surface area contributed by atoms with Crippen molar-refractivity contribution >= 4 is 106 Å². The minimum absolute atomic E-state index is 0.000167. The number of esters is 2. The highest BCUT2D eigenvalue weighted by molar-refractivity contribution is 6.08. The number of aliphatic hydroxyl groups excluding tert-OH is 2. The van der Waals surface area contributed by atoms with E-state index in [-0.39, 0.29) is 142 Å².